The molecule has 1 aliphatic carbocycles. The van der Waals surface area contributed by atoms with Crippen molar-refractivity contribution in [3.63, 3.8) is 0 Å². The summed E-state index contributed by atoms with van der Waals surface area (Å²) in [7, 11) is 0. The molecular formula is C27H25NO5. The van der Waals surface area contributed by atoms with Crippen LogP contribution in [0.25, 0.3) is 6.08 Å². The molecule has 0 radical (unpaired) electrons. The van der Waals surface area contributed by atoms with E-state index in [0.29, 0.717) is 5.75 Å². The fourth-order valence-electron chi connectivity index (χ4n) is 3.89. The lowest BCUT2D eigenvalue weighted by Gasteiger charge is -2.22. The second-order valence-electron chi connectivity index (χ2n) is 7.72. The number of carbonyl (C=O) groups excluding carboxylic acids is 1. The predicted molar refractivity (Wildman–Crippen MR) is 127 cm³/mol. The van der Waals surface area contributed by atoms with Crippen LogP contribution in [0.5, 0.6) is 5.75 Å². The molecule has 0 aromatic heterocycles. The van der Waals surface area contributed by atoms with Crippen LogP contribution >= 0.6 is 0 Å². The average molecular weight is 443 g/mol. The van der Waals surface area contributed by atoms with Crippen molar-refractivity contribution in [3.8, 4) is 5.75 Å². The van der Waals surface area contributed by atoms with Gasteiger partial charge in [-0.25, -0.2) is 14.5 Å². The molecule has 3 aromatic carbocycles. The first kappa shape index (κ1) is 22.1. The van der Waals surface area contributed by atoms with Gasteiger partial charge in [0.05, 0.1) is 11.4 Å². The number of carboxylic acids is 1. The Morgan fingerprint density at radius 2 is 1.52 bits per heavy atom. The summed E-state index contributed by atoms with van der Waals surface area (Å²) in [5, 5.41) is 8.92. The van der Waals surface area contributed by atoms with Crippen molar-refractivity contribution in [2.75, 3.05) is 18.1 Å². The van der Waals surface area contributed by atoms with Gasteiger partial charge in [-0.15, -0.1) is 0 Å². The molecule has 0 spiro atoms. The van der Waals surface area contributed by atoms with E-state index in [1.807, 2.05) is 78.9 Å². The second-order valence-corrected chi connectivity index (χ2v) is 7.72. The molecule has 1 amide bonds. The first-order chi connectivity index (χ1) is 16.1. The number of fused-ring (bicyclic) bond motifs is 1. The molecule has 1 aliphatic rings. The molecule has 3 aromatic rings. The molecule has 0 bridgehead atoms. The van der Waals surface area contributed by atoms with Gasteiger partial charge in [0, 0.05) is 5.56 Å². The van der Waals surface area contributed by atoms with Crippen LogP contribution in [0.1, 0.15) is 24.0 Å². The third-order valence-electron chi connectivity index (χ3n) is 5.40. The van der Waals surface area contributed by atoms with Gasteiger partial charge in [-0.1, -0.05) is 54.6 Å². The average Bonchev–Trinajstić information content (AvgIpc) is 3.05. The molecule has 6 heteroatoms. The van der Waals surface area contributed by atoms with Crippen LogP contribution < -0.4 is 9.64 Å². The summed E-state index contributed by atoms with van der Waals surface area (Å²) in [6, 6.07) is 24.4. The number of rotatable bonds is 7. The van der Waals surface area contributed by atoms with Gasteiger partial charge in [-0.2, -0.15) is 0 Å². The molecule has 1 N–H and O–H groups in total. The molecule has 0 saturated heterocycles. The number of carbonyl (C=O) groups is 2. The van der Waals surface area contributed by atoms with Crippen molar-refractivity contribution in [1.29, 1.82) is 0 Å². The van der Waals surface area contributed by atoms with Crippen molar-refractivity contribution in [1.82, 2.24) is 0 Å². The Morgan fingerprint density at radius 3 is 2.15 bits per heavy atom. The Balaban J connectivity index is 1.51. The number of amides is 1. The number of nitrogens with zero attached hydrogens (tertiary/aromatic N) is 1. The van der Waals surface area contributed by atoms with Crippen molar-refractivity contribution >= 4 is 29.5 Å². The number of para-hydroxylation sites is 2. The van der Waals surface area contributed by atoms with Crippen LogP contribution in [0.3, 0.4) is 0 Å². The third-order valence-corrected chi connectivity index (χ3v) is 5.40. The summed E-state index contributed by atoms with van der Waals surface area (Å²) in [5.74, 6) is -0.422. The largest absolute Gasteiger partial charge is 0.482 e. The van der Waals surface area contributed by atoms with E-state index in [-0.39, 0.29) is 13.2 Å². The summed E-state index contributed by atoms with van der Waals surface area (Å²) < 4.78 is 11.2. The van der Waals surface area contributed by atoms with Crippen LogP contribution in [0.2, 0.25) is 0 Å². The number of benzene rings is 3. The zero-order valence-electron chi connectivity index (χ0n) is 18.1. The maximum Gasteiger partial charge on any atom is 0.419 e. The molecule has 4 rings (SSSR count). The molecule has 0 aliphatic heterocycles. The Morgan fingerprint density at radius 1 is 0.848 bits per heavy atom. The molecule has 0 atom stereocenters. The molecule has 33 heavy (non-hydrogen) atoms. The molecule has 0 saturated carbocycles. The van der Waals surface area contributed by atoms with Gasteiger partial charge in [0.25, 0.3) is 0 Å². The fourth-order valence-corrected chi connectivity index (χ4v) is 3.89. The van der Waals surface area contributed by atoms with Gasteiger partial charge in [0.1, 0.15) is 12.4 Å². The van der Waals surface area contributed by atoms with Gasteiger partial charge in [0.2, 0.25) is 0 Å². The Hall–Kier alpha value is -4.06. The van der Waals surface area contributed by atoms with Gasteiger partial charge in [0.15, 0.2) is 6.61 Å². The summed E-state index contributed by atoms with van der Waals surface area (Å²) in [6.45, 7) is -0.200. The monoisotopic (exact) mass is 443 g/mol. The lowest BCUT2D eigenvalue weighted by atomic mass is 10.0. The number of ether oxygens (including phenoxy) is 2. The molecular weight excluding hydrogens is 418 g/mol. The van der Waals surface area contributed by atoms with Gasteiger partial charge >= 0.3 is 12.1 Å². The number of anilines is 2. The highest BCUT2D eigenvalue weighted by Crippen LogP contribution is 2.31. The van der Waals surface area contributed by atoms with Crippen molar-refractivity contribution in [2.24, 2.45) is 0 Å². The topological polar surface area (TPSA) is 76.1 Å². The van der Waals surface area contributed by atoms with Crippen molar-refractivity contribution in [2.45, 2.75) is 19.3 Å². The summed E-state index contributed by atoms with van der Waals surface area (Å²) in [5.41, 5.74) is 4.40. The number of aliphatic carboxylic acids is 1. The van der Waals surface area contributed by atoms with E-state index in [0.717, 1.165) is 47.3 Å². The number of hydrogen-bond donors (Lipinski definition) is 1. The summed E-state index contributed by atoms with van der Waals surface area (Å²) >= 11 is 0. The van der Waals surface area contributed by atoms with Crippen molar-refractivity contribution < 1.29 is 24.2 Å². The number of carboxylic acid groups (broad SMARTS) is 1. The minimum absolute atomic E-state index is 0.175. The van der Waals surface area contributed by atoms with E-state index in [1.165, 1.54) is 0 Å². The van der Waals surface area contributed by atoms with E-state index < -0.39 is 12.1 Å². The summed E-state index contributed by atoms with van der Waals surface area (Å²) in [6.07, 6.45) is 3.95. The quantitative estimate of drug-likeness (QED) is 0.496. The Labute approximate surface area is 192 Å². The molecule has 0 fully saturated rings. The van der Waals surface area contributed by atoms with Crippen LogP contribution in [0, 0.1) is 0 Å². The minimum atomic E-state index is -1.01. The minimum Gasteiger partial charge on any atom is -0.482 e. The predicted octanol–water partition coefficient (Wildman–Crippen LogP) is 5.84. The highest BCUT2D eigenvalue weighted by molar-refractivity contribution is 5.96. The SMILES string of the molecule is O=C(O)COc1cccc2c1CCCC(COC(=O)N(c1ccccc1)c1ccccc1)=C2. The Kier molecular flexibility index (Phi) is 7.05. The van der Waals surface area contributed by atoms with E-state index in [1.54, 1.807) is 11.0 Å². The van der Waals surface area contributed by atoms with Gasteiger partial charge in [-0.05, 0) is 60.7 Å². The van der Waals surface area contributed by atoms with E-state index in [9.17, 15) is 9.59 Å². The van der Waals surface area contributed by atoms with E-state index in [2.05, 4.69) is 0 Å². The Bertz CT molecular complexity index is 1100. The van der Waals surface area contributed by atoms with Crippen molar-refractivity contribution in [3.05, 3.63) is 95.6 Å². The first-order valence-electron chi connectivity index (χ1n) is 10.8. The van der Waals surface area contributed by atoms with Crippen LogP contribution in [-0.2, 0) is 16.0 Å². The maximum absolute atomic E-state index is 13.1. The van der Waals surface area contributed by atoms with Crippen LogP contribution in [0.4, 0.5) is 16.2 Å². The van der Waals surface area contributed by atoms with Gasteiger partial charge < -0.3 is 14.6 Å². The molecule has 0 unspecified atom stereocenters. The molecule has 168 valence electrons. The highest BCUT2D eigenvalue weighted by atomic mass is 16.6. The lowest BCUT2D eigenvalue weighted by molar-refractivity contribution is -0.139. The number of hydrogen-bond acceptors (Lipinski definition) is 4. The zero-order chi connectivity index (χ0) is 23.0. The molecule has 6 nitrogen and oxygen atoms in total. The van der Waals surface area contributed by atoms with Crippen LogP contribution in [-0.4, -0.2) is 30.4 Å². The molecule has 0 heterocycles. The third kappa shape index (κ3) is 5.60. The lowest BCUT2D eigenvalue weighted by Crippen LogP contribution is -2.27. The smallest absolute Gasteiger partial charge is 0.419 e. The maximum atomic E-state index is 13.1. The van der Waals surface area contributed by atoms with E-state index in [4.69, 9.17) is 14.6 Å². The first-order valence-corrected chi connectivity index (χ1v) is 10.8. The van der Waals surface area contributed by atoms with Gasteiger partial charge in [-0.3, -0.25) is 0 Å². The zero-order valence-corrected chi connectivity index (χ0v) is 18.1. The fraction of sp³-hybridized carbons (Fsp3) is 0.185. The normalized spacial score (nSPS) is 12.7. The van der Waals surface area contributed by atoms with E-state index >= 15 is 0 Å². The highest BCUT2D eigenvalue weighted by Gasteiger charge is 2.21. The van der Waals surface area contributed by atoms with Crippen LogP contribution in [0.15, 0.2) is 84.4 Å². The summed E-state index contributed by atoms with van der Waals surface area (Å²) in [4.78, 5) is 25.6. The second kappa shape index (κ2) is 10.5. The standard InChI is InChI=1S/C27H25NO5/c29-26(30)19-32-25-16-8-10-21-17-20(9-7-15-24(21)25)18-33-27(31)28(22-11-3-1-4-12-22)23-13-5-2-6-14-23/h1-6,8,10-14,16-17H,7,9,15,18-19H2,(H,29,30).